The molecule has 0 spiro atoms. The van der Waals surface area contributed by atoms with E-state index in [2.05, 4.69) is 25.5 Å². The molecule has 3 aromatic heterocycles. The Kier molecular flexibility index (Phi) is 3.87. The molecule has 0 saturated carbocycles. The third-order valence-electron chi connectivity index (χ3n) is 3.44. The number of amides is 1. The average Bonchev–Trinajstić information content (AvgIpc) is 3.21. The molecule has 0 aliphatic rings. The number of halogens is 1. The van der Waals surface area contributed by atoms with Crippen molar-refractivity contribution >= 4 is 29.0 Å². The fourth-order valence-corrected chi connectivity index (χ4v) is 2.57. The van der Waals surface area contributed by atoms with Gasteiger partial charge in [-0.3, -0.25) is 9.48 Å². The van der Waals surface area contributed by atoms with E-state index in [1.54, 1.807) is 35.5 Å². The van der Waals surface area contributed by atoms with E-state index < -0.39 is 5.91 Å². The standard InChI is InChI=1S/C16H12ClN7O/c17-12-4-1-3-11(7-12)9-23-10-13(8-19-23)20-15(25)14-21-16-18-5-2-6-24(16)22-14/h1-8,10H,9H2,(H,20,25). The number of hydrogen-bond acceptors (Lipinski definition) is 5. The first-order valence-electron chi connectivity index (χ1n) is 7.43. The van der Waals surface area contributed by atoms with Crippen LogP contribution in [0.15, 0.2) is 55.1 Å². The number of anilines is 1. The van der Waals surface area contributed by atoms with Crippen molar-refractivity contribution in [3.8, 4) is 0 Å². The van der Waals surface area contributed by atoms with E-state index in [-0.39, 0.29) is 5.82 Å². The van der Waals surface area contributed by atoms with Crippen LogP contribution in [0, 0.1) is 0 Å². The Hall–Kier alpha value is -3.26. The van der Waals surface area contributed by atoms with Gasteiger partial charge < -0.3 is 5.32 Å². The summed E-state index contributed by atoms with van der Waals surface area (Å²) in [6.07, 6.45) is 6.56. The summed E-state index contributed by atoms with van der Waals surface area (Å²) in [6.45, 7) is 0.549. The Morgan fingerprint density at radius 3 is 3.04 bits per heavy atom. The van der Waals surface area contributed by atoms with Crippen LogP contribution in [0.3, 0.4) is 0 Å². The molecule has 0 fully saturated rings. The number of benzene rings is 1. The topological polar surface area (TPSA) is 90.0 Å². The fraction of sp³-hybridized carbons (Fsp3) is 0.0625. The zero-order valence-corrected chi connectivity index (χ0v) is 13.6. The first-order valence-corrected chi connectivity index (χ1v) is 7.81. The zero-order valence-electron chi connectivity index (χ0n) is 12.9. The minimum absolute atomic E-state index is 0.0429. The predicted molar refractivity (Wildman–Crippen MR) is 91.5 cm³/mol. The normalized spacial score (nSPS) is 10.9. The minimum Gasteiger partial charge on any atom is -0.316 e. The number of carbonyl (C=O) groups is 1. The maximum atomic E-state index is 12.3. The van der Waals surface area contributed by atoms with Gasteiger partial charge in [-0.1, -0.05) is 23.7 Å². The number of carbonyl (C=O) groups excluding carboxylic acids is 1. The molecule has 0 radical (unpaired) electrons. The van der Waals surface area contributed by atoms with Crippen LogP contribution in [0.25, 0.3) is 5.78 Å². The molecule has 124 valence electrons. The molecule has 0 atom stereocenters. The Bertz CT molecular complexity index is 1020. The molecule has 9 heteroatoms. The van der Waals surface area contributed by atoms with Gasteiger partial charge in [0.25, 0.3) is 11.7 Å². The number of rotatable bonds is 4. The van der Waals surface area contributed by atoms with Crippen LogP contribution in [0.5, 0.6) is 0 Å². The smallest absolute Gasteiger partial charge is 0.295 e. The van der Waals surface area contributed by atoms with Crippen molar-refractivity contribution in [1.82, 2.24) is 29.4 Å². The van der Waals surface area contributed by atoms with Gasteiger partial charge in [0.05, 0.1) is 18.4 Å². The maximum Gasteiger partial charge on any atom is 0.295 e. The predicted octanol–water partition coefficient (Wildman–Crippen LogP) is 2.27. The molecule has 1 N–H and O–H groups in total. The molecule has 4 aromatic rings. The monoisotopic (exact) mass is 353 g/mol. The summed E-state index contributed by atoms with van der Waals surface area (Å²) in [5.41, 5.74) is 1.57. The summed E-state index contributed by atoms with van der Waals surface area (Å²) in [6, 6.07) is 9.24. The van der Waals surface area contributed by atoms with Crippen LogP contribution >= 0.6 is 11.6 Å². The quantitative estimate of drug-likeness (QED) is 0.608. The highest BCUT2D eigenvalue weighted by molar-refractivity contribution is 6.30. The van der Waals surface area contributed by atoms with Crippen LogP contribution in [-0.4, -0.2) is 35.3 Å². The van der Waals surface area contributed by atoms with Crippen molar-refractivity contribution in [3.63, 3.8) is 0 Å². The third kappa shape index (κ3) is 3.33. The van der Waals surface area contributed by atoms with E-state index in [0.717, 1.165) is 5.56 Å². The van der Waals surface area contributed by atoms with Gasteiger partial charge in [0, 0.05) is 23.6 Å². The summed E-state index contributed by atoms with van der Waals surface area (Å²) in [7, 11) is 0. The molecule has 8 nitrogen and oxygen atoms in total. The molecule has 25 heavy (non-hydrogen) atoms. The summed E-state index contributed by atoms with van der Waals surface area (Å²) in [5, 5.41) is 11.7. The van der Waals surface area contributed by atoms with Gasteiger partial charge in [-0.25, -0.2) is 9.50 Å². The number of nitrogens with one attached hydrogen (secondary N) is 1. The van der Waals surface area contributed by atoms with Crippen LogP contribution in [0.1, 0.15) is 16.2 Å². The van der Waals surface area contributed by atoms with Gasteiger partial charge in [0.15, 0.2) is 0 Å². The lowest BCUT2D eigenvalue weighted by Gasteiger charge is -2.02. The molecule has 0 aliphatic heterocycles. The van der Waals surface area contributed by atoms with Crippen LogP contribution < -0.4 is 5.32 Å². The van der Waals surface area contributed by atoms with E-state index in [9.17, 15) is 4.79 Å². The first kappa shape index (κ1) is 15.3. The molecule has 1 aromatic carbocycles. The minimum atomic E-state index is -0.423. The molecule has 0 saturated heterocycles. The molecule has 1 amide bonds. The average molecular weight is 354 g/mol. The van der Waals surface area contributed by atoms with E-state index in [4.69, 9.17) is 11.6 Å². The zero-order chi connectivity index (χ0) is 17.2. The Morgan fingerprint density at radius 1 is 1.28 bits per heavy atom. The van der Waals surface area contributed by atoms with Gasteiger partial charge in [-0.05, 0) is 23.8 Å². The van der Waals surface area contributed by atoms with Gasteiger partial charge in [0.1, 0.15) is 0 Å². The van der Waals surface area contributed by atoms with Crippen molar-refractivity contribution in [2.24, 2.45) is 0 Å². The van der Waals surface area contributed by atoms with Crippen molar-refractivity contribution in [2.75, 3.05) is 5.32 Å². The summed E-state index contributed by atoms with van der Waals surface area (Å²) < 4.78 is 3.15. The van der Waals surface area contributed by atoms with Crippen molar-refractivity contribution in [3.05, 3.63) is 71.5 Å². The molecular formula is C16H12ClN7O. The van der Waals surface area contributed by atoms with Gasteiger partial charge in [-0.2, -0.15) is 10.1 Å². The molecule has 0 aliphatic carbocycles. The number of hydrogen-bond donors (Lipinski definition) is 1. The maximum absolute atomic E-state index is 12.3. The summed E-state index contributed by atoms with van der Waals surface area (Å²) >= 11 is 5.98. The lowest BCUT2D eigenvalue weighted by atomic mass is 10.2. The molecular weight excluding hydrogens is 342 g/mol. The van der Waals surface area contributed by atoms with E-state index >= 15 is 0 Å². The number of fused-ring (bicyclic) bond motifs is 1. The number of nitrogens with zero attached hydrogens (tertiary/aromatic N) is 6. The fourth-order valence-electron chi connectivity index (χ4n) is 2.35. The Labute approximate surface area is 147 Å². The Morgan fingerprint density at radius 2 is 2.20 bits per heavy atom. The van der Waals surface area contributed by atoms with Crippen molar-refractivity contribution in [2.45, 2.75) is 6.54 Å². The largest absolute Gasteiger partial charge is 0.316 e. The lowest BCUT2D eigenvalue weighted by molar-refractivity contribution is 0.101. The van der Waals surface area contributed by atoms with Crippen LogP contribution in [-0.2, 0) is 6.54 Å². The highest BCUT2D eigenvalue weighted by Crippen LogP contribution is 2.13. The first-order chi connectivity index (χ1) is 12.2. The van der Waals surface area contributed by atoms with E-state index in [1.165, 1.54) is 4.52 Å². The SMILES string of the molecule is O=C(Nc1cnn(Cc2cccc(Cl)c2)c1)c1nc2ncccn2n1. The lowest BCUT2D eigenvalue weighted by Crippen LogP contribution is -2.13. The van der Waals surface area contributed by atoms with Crippen LogP contribution in [0.4, 0.5) is 5.69 Å². The second-order valence-corrected chi connectivity index (χ2v) is 5.75. The van der Waals surface area contributed by atoms with E-state index in [0.29, 0.717) is 23.0 Å². The second kappa shape index (κ2) is 6.33. The Balaban J connectivity index is 1.47. The molecule has 3 heterocycles. The summed E-state index contributed by atoms with van der Waals surface area (Å²) in [5.74, 6) is -0.0154. The van der Waals surface area contributed by atoms with E-state index in [1.807, 2.05) is 24.3 Å². The van der Waals surface area contributed by atoms with Crippen LogP contribution in [0.2, 0.25) is 5.02 Å². The highest BCUT2D eigenvalue weighted by Gasteiger charge is 2.14. The van der Waals surface area contributed by atoms with Gasteiger partial charge in [0.2, 0.25) is 5.82 Å². The number of aromatic nitrogens is 6. The molecule has 4 rings (SSSR count). The van der Waals surface area contributed by atoms with Crippen molar-refractivity contribution < 1.29 is 4.79 Å². The third-order valence-corrected chi connectivity index (χ3v) is 3.68. The molecule has 0 unspecified atom stereocenters. The second-order valence-electron chi connectivity index (χ2n) is 5.31. The van der Waals surface area contributed by atoms with Gasteiger partial charge >= 0.3 is 0 Å². The highest BCUT2D eigenvalue weighted by atomic mass is 35.5. The van der Waals surface area contributed by atoms with Crippen molar-refractivity contribution in [1.29, 1.82) is 0 Å². The van der Waals surface area contributed by atoms with Gasteiger partial charge in [-0.15, -0.1) is 5.10 Å². The molecule has 0 bridgehead atoms. The summed E-state index contributed by atoms with van der Waals surface area (Å²) in [4.78, 5) is 20.4.